The van der Waals surface area contributed by atoms with Gasteiger partial charge in [0.15, 0.2) is 0 Å². The third kappa shape index (κ3) is 6.07. The molecule has 0 unspecified atom stereocenters. The summed E-state index contributed by atoms with van der Waals surface area (Å²) in [5.74, 6) is 0.901. The maximum Gasteiger partial charge on any atom is 0.333 e. The lowest BCUT2D eigenvalue weighted by atomic mass is 9.43. The van der Waals surface area contributed by atoms with Crippen LogP contribution in [-0.2, 0) is 27.1 Å². The molecule has 0 bridgehead atoms. The second-order valence-corrected chi connectivity index (χ2v) is 25.9. The van der Waals surface area contributed by atoms with Crippen molar-refractivity contribution in [3.8, 4) is 50.4 Å². The van der Waals surface area contributed by atoms with Gasteiger partial charge in [-0.2, -0.15) is 0 Å². The Morgan fingerprint density at radius 1 is 0.521 bits per heavy atom. The summed E-state index contributed by atoms with van der Waals surface area (Å²) in [6.07, 6.45) is 2.31. The van der Waals surface area contributed by atoms with Crippen molar-refractivity contribution in [2.45, 2.75) is 123 Å². The molecule has 0 saturated heterocycles. The van der Waals surface area contributed by atoms with Crippen LogP contribution in [-0.4, -0.2) is 11.4 Å². The molecule has 2 aromatic heterocycles. The number of aromatic nitrogens is 1. The van der Waals surface area contributed by atoms with E-state index in [4.69, 9.17) is 4.42 Å². The molecule has 2 aliphatic heterocycles. The van der Waals surface area contributed by atoms with Crippen molar-refractivity contribution in [2.75, 3.05) is 4.81 Å². The Hall–Kier alpha value is -7.04. The first-order valence-corrected chi connectivity index (χ1v) is 26.8. The summed E-state index contributed by atoms with van der Waals surface area (Å²) >= 11 is 0. The molecule has 0 atom stereocenters. The Balaban J connectivity index is 1.23. The van der Waals surface area contributed by atoms with E-state index in [2.05, 4.69) is 244 Å². The number of hydrogen-bond donors (Lipinski definition) is 0. The van der Waals surface area contributed by atoms with Crippen molar-refractivity contribution in [1.82, 2.24) is 4.57 Å². The second kappa shape index (κ2) is 14.6. The average Bonchev–Trinajstić information content (AvgIpc) is 4.00. The molecule has 0 N–H and O–H groups in total. The highest BCUT2D eigenvalue weighted by Gasteiger charge is 2.51. The molecule has 8 aromatic carbocycles. The number of hydrogen-bond acceptors (Lipinski definition) is 2. The molecule has 2 aliphatic carbocycles. The van der Waals surface area contributed by atoms with Crippen molar-refractivity contribution in [1.29, 1.82) is 0 Å². The van der Waals surface area contributed by atoms with Gasteiger partial charge in [0.1, 0.15) is 11.3 Å². The molecule has 3 nitrogen and oxygen atoms in total. The first-order chi connectivity index (χ1) is 34.7. The molecule has 10 aromatic rings. The van der Waals surface area contributed by atoms with E-state index >= 15 is 0 Å². The van der Waals surface area contributed by atoms with Gasteiger partial charge in [-0.15, -0.1) is 0 Å². The van der Waals surface area contributed by atoms with Gasteiger partial charge in [-0.05, 0) is 150 Å². The largest absolute Gasteiger partial charge is 0.455 e. The van der Waals surface area contributed by atoms with E-state index in [1.54, 1.807) is 0 Å². The van der Waals surface area contributed by atoms with Crippen molar-refractivity contribution in [3.05, 3.63) is 185 Å². The van der Waals surface area contributed by atoms with Crippen molar-refractivity contribution >= 4 is 61.9 Å². The topological polar surface area (TPSA) is 21.3 Å². The minimum atomic E-state index is -0.285. The number of fused-ring (bicyclic) bond motifs is 15. The van der Waals surface area contributed by atoms with Crippen LogP contribution in [0.4, 0.5) is 11.4 Å². The van der Waals surface area contributed by atoms with Gasteiger partial charge in [-0.3, -0.25) is 0 Å². The SMILES string of the molecule is CC(C)(C)c1ccc(N2B3c4cc5oc(-c6ccccc6)c(-c6ccccc6)c5cc4-n4c5cc6c(cc5c5c7c(c(c3c54)-c3cc(C(C)(C)C)ccc32)C(C)(C)c2ccccc2-7)C(C)(C)CCC6(C)C)cc1. The van der Waals surface area contributed by atoms with Gasteiger partial charge in [-0.1, -0.05) is 186 Å². The van der Waals surface area contributed by atoms with Crippen molar-refractivity contribution in [3.63, 3.8) is 0 Å². The summed E-state index contributed by atoms with van der Waals surface area (Å²) in [5, 5.41) is 3.87. The predicted octanol–water partition coefficient (Wildman–Crippen LogP) is 17.4. The van der Waals surface area contributed by atoms with E-state index in [0.717, 1.165) is 46.3 Å². The molecule has 0 amide bonds. The van der Waals surface area contributed by atoms with Crippen LogP contribution >= 0.6 is 0 Å². The van der Waals surface area contributed by atoms with E-state index in [1.807, 2.05) is 0 Å². The first kappa shape index (κ1) is 44.6. The molecule has 4 heterocycles. The van der Waals surface area contributed by atoms with E-state index in [-0.39, 0.29) is 33.9 Å². The monoisotopic (exact) mass is 949 g/mol. The third-order valence-electron chi connectivity index (χ3n) is 18.1. The van der Waals surface area contributed by atoms with Crippen LogP contribution in [0.15, 0.2) is 156 Å². The zero-order valence-corrected chi connectivity index (χ0v) is 44.7. The standard InChI is InChI=1S/C69H65BN2O/c1-65(2,3)42-27-30-44(31-28-42)72-53-32-29-43(66(4,5)6)35-46(53)60-61-58(45-25-19-20-26-49(45)69(61,11)12)59-47-36-50-51(68(9,10)34-33-67(50,7)8)38-54(47)71-55-37-48-56(39-52(55)70(72)62(60)63(59)71)73-64(41-23-17-14-18-24-41)57(48)40-21-15-13-16-22-40/h13-32,35-39H,33-34H2,1-12H3. The molecule has 73 heavy (non-hydrogen) atoms. The molecular formula is C69H65BN2O. The Morgan fingerprint density at radius 2 is 1.14 bits per heavy atom. The summed E-state index contributed by atoms with van der Waals surface area (Å²) in [4.78, 5) is 2.71. The molecule has 0 spiro atoms. The average molecular weight is 949 g/mol. The van der Waals surface area contributed by atoms with Gasteiger partial charge >= 0.3 is 6.85 Å². The number of benzene rings is 8. The van der Waals surface area contributed by atoms with Crippen LogP contribution in [0.3, 0.4) is 0 Å². The minimum absolute atomic E-state index is 0.0122. The molecule has 14 rings (SSSR count). The molecule has 360 valence electrons. The van der Waals surface area contributed by atoms with Crippen LogP contribution in [0.25, 0.3) is 83.2 Å². The maximum atomic E-state index is 7.34. The Kier molecular flexibility index (Phi) is 8.92. The van der Waals surface area contributed by atoms with Gasteiger partial charge in [0.05, 0.1) is 11.0 Å². The smallest absolute Gasteiger partial charge is 0.333 e. The Morgan fingerprint density at radius 3 is 1.81 bits per heavy atom. The highest BCUT2D eigenvalue weighted by atomic mass is 16.3. The van der Waals surface area contributed by atoms with Gasteiger partial charge in [0.2, 0.25) is 0 Å². The molecule has 0 saturated carbocycles. The van der Waals surface area contributed by atoms with Crippen LogP contribution in [0.1, 0.15) is 129 Å². The summed E-state index contributed by atoms with van der Waals surface area (Å²) in [6.45, 7) is 28.8. The number of rotatable bonds is 3. The number of nitrogens with zero attached hydrogens (tertiary/aromatic N) is 2. The van der Waals surface area contributed by atoms with Gasteiger partial charge in [0, 0.05) is 55.3 Å². The summed E-state index contributed by atoms with van der Waals surface area (Å²) < 4.78 is 10.1. The Bertz CT molecular complexity index is 4000. The summed E-state index contributed by atoms with van der Waals surface area (Å²) in [5.41, 5.74) is 26.9. The lowest BCUT2D eigenvalue weighted by Crippen LogP contribution is -2.61. The molecule has 0 fully saturated rings. The fraction of sp³-hybridized carbons (Fsp3) is 0.275. The molecule has 4 aliphatic rings. The fourth-order valence-corrected chi connectivity index (χ4v) is 14.1. The quantitative estimate of drug-likeness (QED) is 0.165. The van der Waals surface area contributed by atoms with Crippen molar-refractivity contribution < 1.29 is 4.42 Å². The molecular weight excluding hydrogens is 884 g/mol. The highest BCUT2D eigenvalue weighted by molar-refractivity contribution is 6.94. The van der Waals surface area contributed by atoms with E-state index in [0.29, 0.717) is 0 Å². The second-order valence-electron chi connectivity index (χ2n) is 25.9. The highest BCUT2D eigenvalue weighted by Crippen LogP contribution is 2.60. The number of furan rings is 1. The lowest BCUT2D eigenvalue weighted by molar-refractivity contribution is 0.332. The normalized spacial score (nSPS) is 16.7. The summed E-state index contributed by atoms with van der Waals surface area (Å²) in [7, 11) is 0. The van der Waals surface area contributed by atoms with Crippen LogP contribution in [0.2, 0.25) is 0 Å². The minimum Gasteiger partial charge on any atom is -0.455 e. The zero-order valence-electron chi connectivity index (χ0n) is 44.7. The van der Waals surface area contributed by atoms with E-state index in [9.17, 15) is 0 Å². The van der Waals surface area contributed by atoms with Crippen LogP contribution < -0.4 is 15.7 Å². The van der Waals surface area contributed by atoms with E-state index < -0.39 is 0 Å². The lowest BCUT2D eigenvalue weighted by Gasteiger charge is -2.44. The van der Waals surface area contributed by atoms with E-state index in [1.165, 1.54) is 105 Å². The zero-order chi connectivity index (χ0) is 50.5. The first-order valence-electron chi connectivity index (χ1n) is 26.8. The van der Waals surface area contributed by atoms with Gasteiger partial charge < -0.3 is 13.8 Å². The van der Waals surface area contributed by atoms with Crippen LogP contribution in [0.5, 0.6) is 0 Å². The summed E-state index contributed by atoms with van der Waals surface area (Å²) in [6, 6.07) is 58.2. The third-order valence-corrected chi connectivity index (χ3v) is 18.1. The van der Waals surface area contributed by atoms with Crippen molar-refractivity contribution in [2.24, 2.45) is 0 Å². The predicted molar refractivity (Wildman–Crippen MR) is 311 cm³/mol. The van der Waals surface area contributed by atoms with Gasteiger partial charge in [-0.25, -0.2) is 0 Å². The van der Waals surface area contributed by atoms with Crippen LogP contribution in [0, 0.1) is 0 Å². The van der Waals surface area contributed by atoms with Gasteiger partial charge in [0.25, 0.3) is 0 Å². The maximum absolute atomic E-state index is 7.34. The number of anilines is 2. The Labute approximate surface area is 432 Å². The molecule has 0 radical (unpaired) electrons. The fourth-order valence-electron chi connectivity index (χ4n) is 14.1. The molecule has 4 heteroatoms.